The van der Waals surface area contributed by atoms with Crippen molar-refractivity contribution < 1.29 is 19.1 Å². The van der Waals surface area contributed by atoms with Crippen molar-refractivity contribution >= 4 is 39.8 Å². The van der Waals surface area contributed by atoms with E-state index in [2.05, 4.69) is 15.5 Å². The van der Waals surface area contributed by atoms with Crippen LogP contribution in [0.1, 0.15) is 32.0 Å². The molecule has 4 rings (SSSR count). The van der Waals surface area contributed by atoms with E-state index in [4.69, 9.17) is 21.1 Å². The number of hydrogen-bond donors (Lipinski definition) is 2. The molecule has 32 heavy (non-hydrogen) atoms. The summed E-state index contributed by atoms with van der Waals surface area (Å²) in [7, 11) is 0. The van der Waals surface area contributed by atoms with Gasteiger partial charge in [0.1, 0.15) is 0 Å². The van der Waals surface area contributed by atoms with Crippen LogP contribution < -0.4 is 10.6 Å². The highest BCUT2D eigenvalue weighted by molar-refractivity contribution is 7.18. The Morgan fingerprint density at radius 3 is 2.69 bits per heavy atom. The predicted molar refractivity (Wildman–Crippen MR) is 126 cm³/mol. The maximum absolute atomic E-state index is 13.0. The minimum absolute atomic E-state index is 0.122. The van der Waals surface area contributed by atoms with Crippen molar-refractivity contribution in [2.75, 3.05) is 51.4 Å². The zero-order chi connectivity index (χ0) is 22.5. The van der Waals surface area contributed by atoms with Gasteiger partial charge < -0.3 is 20.1 Å². The van der Waals surface area contributed by atoms with Crippen molar-refractivity contribution in [2.24, 2.45) is 5.92 Å². The average Bonchev–Trinajstić information content (AvgIpc) is 3.45. The summed E-state index contributed by atoms with van der Waals surface area (Å²) in [6.07, 6.45) is 1.01. The summed E-state index contributed by atoms with van der Waals surface area (Å²) in [5.41, 5.74) is 1.23. The summed E-state index contributed by atoms with van der Waals surface area (Å²) < 4.78 is 11.1. The van der Waals surface area contributed by atoms with Gasteiger partial charge in [-0.1, -0.05) is 23.7 Å². The lowest BCUT2D eigenvalue weighted by atomic mass is 9.97. The third kappa shape index (κ3) is 5.50. The number of aryl methyl sites for hydroxylation is 1. The molecule has 0 spiro atoms. The molecule has 2 aliphatic heterocycles. The van der Waals surface area contributed by atoms with Gasteiger partial charge in [-0.25, -0.2) is 0 Å². The molecule has 2 N–H and O–H groups in total. The quantitative estimate of drug-likeness (QED) is 0.638. The standard InChI is InChI=1S/C23H28ClN3O4S/c1-15-12-20(26-22(28)17-4-2-3-5-18(17)24)32-21(15)23(29)25-13-19(16-6-9-31-14-16)27-7-10-30-11-8-27/h2-5,12,16,19H,6-11,13-14H2,1H3,(H,25,29)(H,26,28). The maximum Gasteiger partial charge on any atom is 0.261 e. The monoisotopic (exact) mass is 477 g/mol. The van der Waals surface area contributed by atoms with E-state index in [-0.39, 0.29) is 17.9 Å². The number of benzene rings is 1. The van der Waals surface area contributed by atoms with Crippen LogP contribution in [0.5, 0.6) is 0 Å². The molecule has 7 nitrogen and oxygen atoms in total. The van der Waals surface area contributed by atoms with Gasteiger partial charge in [0.25, 0.3) is 11.8 Å². The lowest BCUT2D eigenvalue weighted by Gasteiger charge is -2.37. The van der Waals surface area contributed by atoms with Crippen LogP contribution in [-0.2, 0) is 9.47 Å². The Balaban J connectivity index is 1.40. The van der Waals surface area contributed by atoms with E-state index in [9.17, 15) is 9.59 Å². The first-order valence-electron chi connectivity index (χ1n) is 10.9. The fourth-order valence-electron chi connectivity index (χ4n) is 4.23. The molecule has 0 bridgehead atoms. The van der Waals surface area contributed by atoms with E-state index in [1.54, 1.807) is 24.3 Å². The highest BCUT2D eigenvalue weighted by Gasteiger charge is 2.32. The summed E-state index contributed by atoms with van der Waals surface area (Å²) in [4.78, 5) is 28.5. The molecule has 2 amide bonds. The second-order valence-corrected chi connectivity index (χ2v) is 9.57. The zero-order valence-electron chi connectivity index (χ0n) is 18.1. The Labute approximate surface area is 197 Å². The van der Waals surface area contributed by atoms with E-state index in [1.807, 2.05) is 13.0 Å². The van der Waals surface area contributed by atoms with Gasteiger partial charge in [-0.3, -0.25) is 14.5 Å². The molecule has 2 unspecified atom stereocenters. The maximum atomic E-state index is 13.0. The first-order valence-corrected chi connectivity index (χ1v) is 12.1. The Bertz CT molecular complexity index is 954. The number of anilines is 1. The van der Waals surface area contributed by atoms with Crippen molar-refractivity contribution in [1.29, 1.82) is 0 Å². The minimum atomic E-state index is -0.294. The van der Waals surface area contributed by atoms with Crippen molar-refractivity contribution in [3.8, 4) is 0 Å². The van der Waals surface area contributed by atoms with E-state index >= 15 is 0 Å². The SMILES string of the molecule is Cc1cc(NC(=O)c2ccccc2Cl)sc1C(=O)NCC(C1CCOC1)N1CCOCC1. The summed E-state index contributed by atoms with van der Waals surface area (Å²) >= 11 is 7.39. The van der Waals surface area contributed by atoms with Crippen LogP contribution in [0.2, 0.25) is 5.02 Å². The number of carbonyl (C=O) groups excluding carboxylic acids is 2. The Morgan fingerprint density at radius 1 is 1.19 bits per heavy atom. The second-order valence-electron chi connectivity index (χ2n) is 8.11. The Morgan fingerprint density at radius 2 is 1.97 bits per heavy atom. The van der Waals surface area contributed by atoms with Gasteiger partial charge in [0.05, 0.1) is 40.3 Å². The van der Waals surface area contributed by atoms with Crippen LogP contribution in [0, 0.1) is 12.8 Å². The topological polar surface area (TPSA) is 79.9 Å². The van der Waals surface area contributed by atoms with E-state index in [0.29, 0.717) is 32.9 Å². The number of carbonyl (C=O) groups is 2. The molecule has 2 aromatic rings. The molecule has 1 aromatic carbocycles. The fourth-order valence-corrected chi connectivity index (χ4v) is 5.44. The fraction of sp³-hybridized carbons (Fsp3) is 0.478. The third-order valence-corrected chi connectivity index (χ3v) is 7.46. The van der Waals surface area contributed by atoms with Gasteiger partial charge in [0.15, 0.2) is 0 Å². The zero-order valence-corrected chi connectivity index (χ0v) is 19.6. The smallest absolute Gasteiger partial charge is 0.261 e. The Hall–Kier alpha value is -1.97. The normalized spacial score (nSPS) is 20.1. The lowest BCUT2D eigenvalue weighted by Crippen LogP contribution is -2.52. The molecular formula is C23H28ClN3O4S. The largest absolute Gasteiger partial charge is 0.381 e. The van der Waals surface area contributed by atoms with Crippen molar-refractivity contribution in [3.63, 3.8) is 0 Å². The van der Waals surface area contributed by atoms with Gasteiger partial charge in [-0.2, -0.15) is 0 Å². The van der Waals surface area contributed by atoms with Crippen molar-refractivity contribution in [1.82, 2.24) is 10.2 Å². The number of nitrogens with one attached hydrogen (secondary N) is 2. The lowest BCUT2D eigenvalue weighted by molar-refractivity contribution is 0.00167. The highest BCUT2D eigenvalue weighted by atomic mass is 35.5. The van der Waals surface area contributed by atoms with Crippen LogP contribution in [0.15, 0.2) is 30.3 Å². The minimum Gasteiger partial charge on any atom is -0.381 e. The molecular weight excluding hydrogens is 450 g/mol. The van der Waals surface area contributed by atoms with E-state index < -0.39 is 0 Å². The number of halogens is 1. The number of thiophene rings is 1. The number of morpholine rings is 1. The predicted octanol–water partition coefficient (Wildman–Crippen LogP) is 3.43. The van der Waals surface area contributed by atoms with Gasteiger partial charge >= 0.3 is 0 Å². The summed E-state index contributed by atoms with van der Waals surface area (Å²) in [6.45, 7) is 7.12. The molecule has 0 aliphatic carbocycles. The van der Waals surface area contributed by atoms with E-state index in [1.165, 1.54) is 11.3 Å². The van der Waals surface area contributed by atoms with Crippen molar-refractivity contribution in [2.45, 2.75) is 19.4 Å². The molecule has 2 atom stereocenters. The van der Waals surface area contributed by atoms with Gasteiger partial charge in [0, 0.05) is 38.2 Å². The van der Waals surface area contributed by atoms with Gasteiger partial charge in [-0.05, 0) is 37.1 Å². The number of nitrogens with zero attached hydrogens (tertiary/aromatic N) is 1. The van der Waals surface area contributed by atoms with Crippen LogP contribution in [0.4, 0.5) is 5.00 Å². The van der Waals surface area contributed by atoms with Crippen LogP contribution in [0.3, 0.4) is 0 Å². The molecule has 9 heteroatoms. The summed E-state index contributed by atoms with van der Waals surface area (Å²) in [5, 5.41) is 6.98. The number of rotatable bonds is 7. The first kappa shape index (κ1) is 23.2. The molecule has 172 valence electrons. The summed E-state index contributed by atoms with van der Waals surface area (Å²) in [6, 6.07) is 8.93. The number of hydrogen-bond acceptors (Lipinski definition) is 6. The molecule has 1 aromatic heterocycles. The van der Waals surface area contributed by atoms with Crippen LogP contribution in [0.25, 0.3) is 0 Å². The number of ether oxygens (including phenoxy) is 2. The molecule has 2 aliphatic rings. The molecule has 3 heterocycles. The van der Waals surface area contributed by atoms with Gasteiger partial charge in [-0.15, -0.1) is 11.3 Å². The average molecular weight is 478 g/mol. The second kappa shape index (κ2) is 10.8. The molecule has 2 fully saturated rings. The van der Waals surface area contributed by atoms with Crippen molar-refractivity contribution in [3.05, 3.63) is 51.4 Å². The molecule has 0 radical (unpaired) electrons. The molecule has 0 saturated carbocycles. The first-order chi connectivity index (χ1) is 15.5. The summed E-state index contributed by atoms with van der Waals surface area (Å²) in [5.74, 6) is -0.0105. The third-order valence-electron chi connectivity index (χ3n) is 5.97. The van der Waals surface area contributed by atoms with Crippen LogP contribution in [-0.4, -0.2) is 68.8 Å². The number of amides is 2. The van der Waals surface area contributed by atoms with Gasteiger partial charge in [0.2, 0.25) is 0 Å². The Kier molecular flexibility index (Phi) is 7.80. The highest BCUT2D eigenvalue weighted by Crippen LogP contribution is 2.28. The van der Waals surface area contributed by atoms with E-state index in [0.717, 1.165) is 51.5 Å². The molecule has 2 saturated heterocycles. The van der Waals surface area contributed by atoms with Crippen LogP contribution >= 0.6 is 22.9 Å².